The Bertz CT molecular complexity index is 1570. The van der Waals surface area contributed by atoms with Gasteiger partial charge in [-0.05, 0) is 60.9 Å². The van der Waals surface area contributed by atoms with E-state index in [9.17, 15) is 21.6 Å². The lowest BCUT2D eigenvalue weighted by molar-refractivity contribution is 0.435. The molecule has 0 fully saturated rings. The number of benzene rings is 3. The molecule has 0 unspecified atom stereocenters. The van der Waals surface area contributed by atoms with Crippen LogP contribution >= 0.6 is 0 Å². The van der Waals surface area contributed by atoms with Gasteiger partial charge in [0.2, 0.25) is 10.0 Å². The topological polar surface area (TPSA) is 42.3 Å². The fraction of sp³-hybridized carbons (Fsp3) is 0.185. The molecule has 180 valence electrons. The monoisotopic (exact) mass is 496 g/mol. The SMILES string of the molecule is Cc1c(C2=CCN(S(=O)(=O)c3cc(F)ccc3F)CC2)c2ccccc2n1Cc1cccc(F)c1. The summed E-state index contributed by atoms with van der Waals surface area (Å²) < 4.78 is 70.8. The van der Waals surface area contributed by atoms with Crippen molar-refractivity contribution in [3.63, 3.8) is 0 Å². The van der Waals surface area contributed by atoms with Crippen LogP contribution in [0.4, 0.5) is 13.2 Å². The first kappa shape index (κ1) is 23.4. The van der Waals surface area contributed by atoms with E-state index < -0.39 is 26.6 Å². The van der Waals surface area contributed by atoms with Crippen molar-refractivity contribution in [2.24, 2.45) is 0 Å². The number of aromatic nitrogens is 1. The standard InChI is InChI=1S/C27H23F3N2O2S/c1-18-27(23-7-2-3-8-25(23)32(18)17-19-5-4-6-21(28)15-19)20-11-13-31(14-12-20)35(33,34)26-16-22(29)9-10-24(26)30/h2-11,15-16H,12-14,17H2,1H3. The average Bonchev–Trinajstić information content (AvgIpc) is 3.12. The van der Waals surface area contributed by atoms with Gasteiger partial charge in [-0.3, -0.25) is 0 Å². The molecule has 0 radical (unpaired) electrons. The lowest BCUT2D eigenvalue weighted by Gasteiger charge is -2.26. The van der Waals surface area contributed by atoms with Crippen molar-refractivity contribution in [3.05, 3.63) is 107 Å². The Morgan fingerprint density at radius 3 is 2.43 bits per heavy atom. The second-order valence-electron chi connectivity index (χ2n) is 8.61. The number of rotatable bonds is 5. The number of sulfonamides is 1. The quantitative estimate of drug-likeness (QED) is 0.346. The molecule has 4 aromatic rings. The maximum atomic E-state index is 14.2. The van der Waals surface area contributed by atoms with Gasteiger partial charge in [0.25, 0.3) is 0 Å². The number of para-hydroxylation sites is 1. The van der Waals surface area contributed by atoms with Crippen LogP contribution in [0.5, 0.6) is 0 Å². The Labute approximate surface area is 202 Å². The molecule has 0 aliphatic carbocycles. The predicted molar refractivity (Wildman–Crippen MR) is 130 cm³/mol. The van der Waals surface area contributed by atoms with E-state index in [2.05, 4.69) is 4.57 Å². The summed E-state index contributed by atoms with van der Waals surface area (Å²) in [5, 5.41) is 1.03. The Balaban J connectivity index is 1.50. The molecule has 1 aromatic heterocycles. The van der Waals surface area contributed by atoms with E-state index >= 15 is 0 Å². The number of hydrogen-bond donors (Lipinski definition) is 0. The zero-order chi connectivity index (χ0) is 24.7. The summed E-state index contributed by atoms with van der Waals surface area (Å²) >= 11 is 0. The molecule has 1 aliphatic rings. The van der Waals surface area contributed by atoms with Crippen molar-refractivity contribution < 1.29 is 21.6 Å². The van der Waals surface area contributed by atoms with Gasteiger partial charge in [0.1, 0.15) is 22.3 Å². The third-order valence-electron chi connectivity index (χ3n) is 6.46. The van der Waals surface area contributed by atoms with Crippen LogP contribution in [0.2, 0.25) is 0 Å². The van der Waals surface area contributed by atoms with Gasteiger partial charge in [0.05, 0.1) is 0 Å². The van der Waals surface area contributed by atoms with Crippen molar-refractivity contribution in [1.29, 1.82) is 0 Å². The van der Waals surface area contributed by atoms with Crippen LogP contribution in [-0.2, 0) is 16.6 Å². The molecular formula is C27H23F3N2O2S. The lowest BCUT2D eigenvalue weighted by Crippen LogP contribution is -2.35. The van der Waals surface area contributed by atoms with Gasteiger partial charge < -0.3 is 4.57 Å². The maximum Gasteiger partial charge on any atom is 0.246 e. The molecule has 2 heterocycles. The van der Waals surface area contributed by atoms with E-state index in [-0.39, 0.29) is 18.9 Å². The lowest BCUT2D eigenvalue weighted by atomic mass is 9.97. The Morgan fingerprint density at radius 1 is 0.914 bits per heavy atom. The molecular weight excluding hydrogens is 473 g/mol. The van der Waals surface area contributed by atoms with Gasteiger partial charge in [-0.1, -0.05) is 36.4 Å². The summed E-state index contributed by atoms with van der Waals surface area (Å²) in [7, 11) is -4.18. The first-order chi connectivity index (χ1) is 16.8. The summed E-state index contributed by atoms with van der Waals surface area (Å²) in [5.41, 5.74) is 4.84. The third kappa shape index (κ3) is 4.28. The molecule has 0 atom stereocenters. The first-order valence-corrected chi connectivity index (χ1v) is 12.7. The minimum atomic E-state index is -4.18. The van der Waals surface area contributed by atoms with Gasteiger partial charge in [0, 0.05) is 41.8 Å². The molecule has 0 saturated heterocycles. The van der Waals surface area contributed by atoms with E-state index in [0.717, 1.165) is 49.7 Å². The Morgan fingerprint density at radius 2 is 1.69 bits per heavy atom. The van der Waals surface area contributed by atoms with E-state index in [0.29, 0.717) is 19.0 Å². The van der Waals surface area contributed by atoms with E-state index in [1.165, 1.54) is 12.1 Å². The van der Waals surface area contributed by atoms with Gasteiger partial charge in [-0.15, -0.1) is 0 Å². The summed E-state index contributed by atoms with van der Waals surface area (Å²) in [6.45, 7) is 2.70. The van der Waals surface area contributed by atoms with Crippen LogP contribution in [0.25, 0.3) is 16.5 Å². The molecule has 0 bridgehead atoms. The second kappa shape index (κ2) is 9.02. The van der Waals surface area contributed by atoms with E-state index in [4.69, 9.17) is 0 Å². The summed E-state index contributed by atoms with van der Waals surface area (Å²) in [6, 6.07) is 16.9. The Kier molecular flexibility index (Phi) is 6.02. The molecule has 8 heteroatoms. The van der Waals surface area contributed by atoms with E-state index in [1.807, 2.05) is 43.3 Å². The molecule has 5 rings (SSSR count). The van der Waals surface area contributed by atoms with Crippen LogP contribution in [-0.4, -0.2) is 30.4 Å². The second-order valence-corrected chi connectivity index (χ2v) is 10.5. The van der Waals surface area contributed by atoms with Crippen molar-refractivity contribution in [2.45, 2.75) is 24.8 Å². The average molecular weight is 497 g/mol. The predicted octanol–water partition coefficient (Wildman–Crippen LogP) is 5.89. The molecule has 4 nitrogen and oxygen atoms in total. The maximum absolute atomic E-state index is 14.2. The van der Waals surface area contributed by atoms with Crippen molar-refractivity contribution in [3.8, 4) is 0 Å². The normalized spacial score (nSPS) is 14.9. The van der Waals surface area contributed by atoms with Crippen molar-refractivity contribution in [1.82, 2.24) is 8.87 Å². The molecule has 35 heavy (non-hydrogen) atoms. The fourth-order valence-electron chi connectivity index (χ4n) is 4.77. The van der Waals surface area contributed by atoms with Gasteiger partial charge in [-0.25, -0.2) is 21.6 Å². The van der Waals surface area contributed by atoms with Crippen LogP contribution < -0.4 is 0 Å². The van der Waals surface area contributed by atoms with Crippen molar-refractivity contribution >= 4 is 26.5 Å². The largest absolute Gasteiger partial charge is 0.340 e. The zero-order valence-electron chi connectivity index (χ0n) is 19.0. The number of hydrogen-bond acceptors (Lipinski definition) is 2. The van der Waals surface area contributed by atoms with Crippen LogP contribution in [0.15, 0.2) is 77.7 Å². The minimum absolute atomic E-state index is 0.0520. The summed E-state index contributed by atoms with van der Waals surface area (Å²) in [4.78, 5) is -0.655. The molecule has 3 aromatic carbocycles. The fourth-order valence-corrected chi connectivity index (χ4v) is 6.22. The highest BCUT2D eigenvalue weighted by Gasteiger charge is 2.30. The van der Waals surface area contributed by atoms with Gasteiger partial charge in [0.15, 0.2) is 0 Å². The zero-order valence-corrected chi connectivity index (χ0v) is 19.8. The van der Waals surface area contributed by atoms with Gasteiger partial charge in [-0.2, -0.15) is 4.31 Å². The highest BCUT2D eigenvalue weighted by molar-refractivity contribution is 7.89. The van der Waals surface area contributed by atoms with E-state index in [1.54, 1.807) is 6.07 Å². The number of nitrogens with zero attached hydrogens (tertiary/aromatic N) is 2. The summed E-state index contributed by atoms with van der Waals surface area (Å²) in [6.07, 6.45) is 2.25. The van der Waals surface area contributed by atoms with Crippen LogP contribution in [0, 0.1) is 24.4 Å². The Hall–Kier alpha value is -3.36. The molecule has 0 N–H and O–H groups in total. The molecule has 0 saturated carbocycles. The van der Waals surface area contributed by atoms with Gasteiger partial charge >= 0.3 is 0 Å². The third-order valence-corrected chi connectivity index (χ3v) is 8.34. The number of halogens is 3. The van der Waals surface area contributed by atoms with Crippen LogP contribution in [0.3, 0.4) is 0 Å². The summed E-state index contributed by atoms with van der Waals surface area (Å²) in [5.74, 6) is -2.07. The molecule has 0 spiro atoms. The minimum Gasteiger partial charge on any atom is -0.340 e. The molecule has 1 aliphatic heterocycles. The number of fused-ring (bicyclic) bond motifs is 1. The van der Waals surface area contributed by atoms with Crippen LogP contribution in [0.1, 0.15) is 23.2 Å². The van der Waals surface area contributed by atoms with Crippen molar-refractivity contribution in [2.75, 3.05) is 13.1 Å². The highest BCUT2D eigenvalue weighted by atomic mass is 32.2. The first-order valence-electron chi connectivity index (χ1n) is 11.2. The molecule has 0 amide bonds. The smallest absolute Gasteiger partial charge is 0.246 e. The highest BCUT2D eigenvalue weighted by Crippen LogP contribution is 2.36.